The van der Waals surface area contributed by atoms with E-state index >= 15 is 0 Å². The average molecular weight is 168 g/mol. The largest absolute Gasteiger partial charge is 0.314 e. The minimum atomic E-state index is 0.593. The van der Waals surface area contributed by atoms with E-state index in [0.717, 1.165) is 18.0 Å². The summed E-state index contributed by atoms with van der Waals surface area (Å²) in [6.07, 6.45) is 1.38. The summed E-state index contributed by atoms with van der Waals surface area (Å²) in [5, 5.41) is 6.99. The summed E-state index contributed by atoms with van der Waals surface area (Å²) < 4.78 is 0. The summed E-state index contributed by atoms with van der Waals surface area (Å²) in [6, 6.07) is 1.56. The van der Waals surface area contributed by atoms with Gasteiger partial charge in [-0.25, -0.2) is 0 Å². The van der Waals surface area contributed by atoms with Gasteiger partial charge in [0.15, 0.2) is 0 Å². The van der Waals surface area contributed by atoms with Gasteiger partial charge in [0.05, 0.1) is 0 Å². The van der Waals surface area contributed by atoms with Gasteiger partial charge in [0.25, 0.3) is 0 Å². The molecule has 0 radical (unpaired) electrons. The first kappa shape index (κ1) is 8.52. The van der Waals surface area contributed by atoms with E-state index in [4.69, 9.17) is 0 Å². The lowest BCUT2D eigenvalue weighted by atomic mass is 9.94. The van der Waals surface area contributed by atoms with Crippen molar-refractivity contribution < 1.29 is 0 Å². The molecule has 0 amide bonds. The molecule has 1 aliphatic heterocycles. The van der Waals surface area contributed by atoms with Crippen LogP contribution in [0.25, 0.3) is 0 Å². The predicted octanol–water partition coefficient (Wildman–Crippen LogP) is 0.982. The standard InChI is InChI=1S/C10H20N2/c1-7(2)10(3)4-9(10)12-8-5-11-6-8/h7-9,11-12H,4-6H2,1-3H3. The average Bonchev–Trinajstić information content (AvgIpc) is 2.55. The van der Waals surface area contributed by atoms with Crippen molar-refractivity contribution in [3.8, 4) is 0 Å². The zero-order chi connectivity index (χ0) is 8.77. The number of rotatable bonds is 3. The topological polar surface area (TPSA) is 24.1 Å². The fraction of sp³-hybridized carbons (Fsp3) is 1.00. The van der Waals surface area contributed by atoms with Gasteiger partial charge in [-0.1, -0.05) is 20.8 Å². The van der Waals surface area contributed by atoms with Crippen molar-refractivity contribution in [1.82, 2.24) is 10.6 Å². The number of hydrogen-bond donors (Lipinski definition) is 2. The Kier molecular flexibility index (Phi) is 1.92. The molecule has 2 unspecified atom stereocenters. The fourth-order valence-corrected chi connectivity index (χ4v) is 1.96. The maximum Gasteiger partial charge on any atom is 0.0320 e. The van der Waals surface area contributed by atoms with E-state index in [1.807, 2.05) is 0 Å². The maximum absolute atomic E-state index is 3.70. The molecule has 70 valence electrons. The van der Waals surface area contributed by atoms with Crippen LogP contribution in [0.3, 0.4) is 0 Å². The van der Waals surface area contributed by atoms with E-state index in [9.17, 15) is 0 Å². The SMILES string of the molecule is CC(C)C1(C)CC1NC1CNC1. The van der Waals surface area contributed by atoms with E-state index in [-0.39, 0.29) is 0 Å². The third kappa shape index (κ3) is 1.27. The van der Waals surface area contributed by atoms with E-state index in [0.29, 0.717) is 5.41 Å². The van der Waals surface area contributed by atoms with E-state index in [1.165, 1.54) is 19.5 Å². The first-order valence-corrected chi connectivity index (χ1v) is 5.09. The van der Waals surface area contributed by atoms with Crippen LogP contribution in [0.5, 0.6) is 0 Å². The third-order valence-corrected chi connectivity index (χ3v) is 3.82. The Hall–Kier alpha value is -0.0800. The smallest absolute Gasteiger partial charge is 0.0320 e. The Morgan fingerprint density at radius 1 is 1.42 bits per heavy atom. The van der Waals surface area contributed by atoms with Crippen molar-refractivity contribution in [1.29, 1.82) is 0 Å². The Morgan fingerprint density at radius 3 is 2.42 bits per heavy atom. The molecule has 0 aromatic rings. The van der Waals surface area contributed by atoms with Crippen LogP contribution in [0, 0.1) is 11.3 Å². The molecule has 1 heterocycles. The molecule has 12 heavy (non-hydrogen) atoms. The quantitative estimate of drug-likeness (QED) is 0.656. The molecule has 2 N–H and O–H groups in total. The van der Waals surface area contributed by atoms with Gasteiger partial charge >= 0.3 is 0 Å². The molecule has 0 bridgehead atoms. The van der Waals surface area contributed by atoms with Crippen LogP contribution in [-0.2, 0) is 0 Å². The Balaban J connectivity index is 1.78. The highest BCUT2D eigenvalue weighted by atomic mass is 15.1. The molecule has 0 spiro atoms. The zero-order valence-corrected chi connectivity index (χ0v) is 8.35. The predicted molar refractivity (Wildman–Crippen MR) is 51.1 cm³/mol. The van der Waals surface area contributed by atoms with Crippen LogP contribution in [-0.4, -0.2) is 25.2 Å². The second-order valence-electron chi connectivity index (χ2n) is 4.94. The zero-order valence-electron chi connectivity index (χ0n) is 8.35. The van der Waals surface area contributed by atoms with Gasteiger partial charge in [0.2, 0.25) is 0 Å². The third-order valence-electron chi connectivity index (χ3n) is 3.82. The van der Waals surface area contributed by atoms with Crippen LogP contribution in [0.1, 0.15) is 27.2 Å². The second kappa shape index (κ2) is 2.71. The van der Waals surface area contributed by atoms with Crippen molar-refractivity contribution in [2.75, 3.05) is 13.1 Å². The molecule has 2 rings (SSSR count). The van der Waals surface area contributed by atoms with Gasteiger partial charge in [-0.15, -0.1) is 0 Å². The van der Waals surface area contributed by atoms with Crippen LogP contribution in [0.15, 0.2) is 0 Å². The highest BCUT2D eigenvalue weighted by Gasteiger charge is 2.52. The molecule has 2 atom stereocenters. The van der Waals surface area contributed by atoms with Gasteiger partial charge in [-0.2, -0.15) is 0 Å². The van der Waals surface area contributed by atoms with Crippen molar-refractivity contribution in [2.45, 2.75) is 39.3 Å². The van der Waals surface area contributed by atoms with Crippen molar-refractivity contribution in [3.05, 3.63) is 0 Å². The van der Waals surface area contributed by atoms with Crippen molar-refractivity contribution in [2.24, 2.45) is 11.3 Å². The minimum Gasteiger partial charge on any atom is -0.314 e. The molecule has 2 heteroatoms. The molecular weight excluding hydrogens is 148 g/mol. The second-order valence-corrected chi connectivity index (χ2v) is 4.94. The first-order valence-electron chi connectivity index (χ1n) is 5.09. The van der Waals surface area contributed by atoms with Crippen LogP contribution >= 0.6 is 0 Å². The Morgan fingerprint density at radius 2 is 2.08 bits per heavy atom. The van der Waals surface area contributed by atoms with Crippen molar-refractivity contribution in [3.63, 3.8) is 0 Å². The Labute approximate surface area is 75.1 Å². The molecule has 1 aliphatic carbocycles. The van der Waals surface area contributed by atoms with E-state index in [1.54, 1.807) is 0 Å². The van der Waals surface area contributed by atoms with Gasteiger partial charge in [-0.05, 0) is 17.8 Å². The van der Waals surface area contributed by atoms with Gasteiger partial charge in [-0.3, -0.25) is 0 Å². The summed E-state index contributed by atoms with van der Waals surface area (Å²) in [4.78, 5) is 0. The fourth-order valence-electron chi connectivity index (χ4n) is 1.96. The van der Waals surface area contributed by atoms with Gasteiger partial charge in [0.1, 0.15) is 0 Å². The number of nitrogens with one attached hydrogen (secondary N) is 2. The summed E-state index contributed by atoms with van der Waals surface area (Å²) in [5.74, 6) is 0.822. The lowest BCUT2D eigenvalue weighted by Gasteiger charge is -2.29. The molecule has 0 aromatic heterocycles. The molecule has 2 aliphatic rings. The molecular formula is C10H20N2. The first-order chi connectivity index (χ1) is 5.63. The summed E-state index contributed by atoms with van der Waals surface area (Å²) in [6.45, 7) is 9.41. The summed E-state index contributed by atoms with van der Waals surface area (Å²) in [5.41, 5.74) is 0.593. The number of hydrogen-bond acceptors (Lipinski definition) is 2. The maximum atomic E-state index is 3.70. The van der Waals surface area contributed by atoms with E-state index < -0.39 is 0 Å². The lowest BCUT2D eigenvalue weighted by Crippen LogP contribution is -2.56. The molecule has 2 nitrogen and oxygen atoms in total. The monoisotopic (exact) mass is 168 g/mol. The van der Waals surface area contributed by atoms with Gasteiger partial charge < -0.3 is 10.6 Å². The van der Waals surface area contributed by atoms with Gasteiger partial charge in [0, 0.05) is 25.2 Å². The molecule has 2 fully saturated rings. The molecule has 1 saturated carbocycles. The normalized spacial score (nSPS) is 41.5. The summed E-state index contributed by atoms with van der Waals surface area (Å²) >= 11 is 0. The minimum absolute atomic E-state index is 0.593. The van der Waals surface area contributed by atoms with Crippen molar-refractivity contribution >= 4 is 0 Å². The molecule has 1 saturated heterocycles. The van der Waals surface area contributed by atoms with E-state index in [2.05, 4.69) is 31.4 Å². The van der Waals surface area contributed by atoms with Crippen LogP contribution in [0.2, 0.25) is 0 Å². The van der Waals surface area contributed by atoms with Crippen LogP contribution in [0.4, 0.5) is 0 Å². The summed E-state index contributed by atoms with van der Waals surface area (Å²) in [7, 11) is 0. The Bertz CT molecular complexity index is 175. The lowest BCUT2D eigenvalue weighted by molar-refractivity contribution is 0.309. The highest BCUT2D eigenvalue weighted by molar-refractivity contribution is 5.08. The van der Waals surface area contributed by atoms with Crippen LogP contribution < -0.4 is 10.6 Å². The molecule has 0 aromatic carbocycles. The highest BCUT2D eigenvalue weighted by Crippen LogP contribution is 2.51.